The van der Waals surface area contributed by atoms with Gasteiger partial charge in [0.15, 0.2) is 0 Å². The number of hydrogen-bond acceptors (Lipinski definition) is 3. The average molecular weight is 306 g/mol. The fraction of sp³-hybridized carbons (Fsp3) is 0.333. The van der Waals surface area contributed by atoms with E-state index in [1.807, 2.05) is 0 Å². The van der Waals surface area contributed by atoms with Gasteiger partial charge < -0.3 is 15.6 Å². The number of aromatic amines is 1. The van der Waals surface area contributed by atoms with Crippen molar-refractivity contribution >= 4 is 34.0 Å². The number of nitrogens with one attached hydrogen (secondary N) is 3. The number of hydrogen-bond donors (Lipinski definition) is 3. The third-order valence-corrected chi connectivity index (χ3v) is 4.10. The topological polar surface area (TPSA) is 74.0 Å². The normalized spacial score (nSPS) is 18.6. The van der Waals surface area contributed by atoms with Crippen molar-refractivity contribution in [1.29, 1.82) is 0 Å². The molecule has 0 unspecified atom stereocenters. The van der Waals surface area contributed by atoms with Gasteiger partial charge in [-0.2, -0.15) is 0 Å². The van der Waals surface area contributed by atoms with Gasteiger partial charge in [0.05, 0.1) is 16.6 Å². The van der Waals surface area contributed by atoms with E-state index in [-0.39, 0.29) is 17.4 Å². The fourth-order valence-corrected chi connectivity index (χ4v) is 2.83. The predicted octanol–water partition coefficient (Wildman–Crippen LogP) is 2.12. The summed E-state index contributed by atoms with van der Waals surface area (Å²) < 4.78 is 0. The van der Waals surface area contributed by atoms with Gasteiger partial charge in [0, 0.05) is 18.1 Å². The number of H-pyrrole nitrogens is 1. The molecule has 0 spiro atoms. The van der Waals surface area contributed by atoms with E-state index in [0.29, 0.717) is 22.6 Å². The first kappa shape index (κ1) is 14.1. The van der Waals surface area contributed by atoms with Gasteiger partial charge in [-0.3, -0.25) is 9.59 Å². The lowest BCUT2D eigenvalue weighted by Crippen LogP contribution is -2.37. The van der Waals surface area contributed by atoms with Gasteiger partial charge >= 0.3 is 0 Å². The summed E-state index contributed by atoms with van der Waals surface area (Å²) in [6, 6.07) is 5.11. The number of carbonyl (C=O) groups excluding carboxylic acids is 1. The molecule has 21 heavy (non-hydrogen) atoms. The van der Waals surface area contributed by atoms with Crippen molar-refractivity contribution in [1.82, 2.24) is 10.3 Å². The minimum absolute atomic E-state index is 0.0340. The molecule has 0 saturated carbocycles. The molecule has 2 heterocycles. The van der Waals surface area contributed by atoms with Crippen LogP contribution in [0, 0.1) is 5.92 Å². The summed E-state index contributed by atoms with van der Waals surface area (Å²) in [7, 11) is 0. The Morgan fingerprint density at radius 2 is 2.24 bits per heavy atom. The monoisotopic (exact) mass is 305 g/mol. The molecule has 0 radical (unpaired) electrons. The Kier molecular flexibility index (Phi) is 3.94. The van der Waals surface area contributed by atoms with Crippen LogP contribution in [0.5, 0.6) is 0 Å². The van der Waals surface area contributed by atoms with E-state index in [9.17, 15) is 9.59 Å². The number of aromatic nitrogens is 1. The fourth-order valence-electron chi connectivity index (χ4n) is 2.62. The predicted molar refractivity (Wildman–Crippen MR) is 83.8 cm³/mol. The minimum atomic E-state index is -0.191. The van der Waals surface area contributed by atoms with Gasteiger partial charge in [0.2, 0.25) is 5.91 Å². The van der Waals surface area contributed by atoms with Gasteiger partial charge in [-0.25, -0.2) is 0 Å². The Bertz CT molecular complexity index is 735. The highest BCUT2D eigenvalue weighted by Crippen LogP contribution is 2.27. The number of pyridine rings is 1. The highest BCUT2D eigenvalue weighted by molar-refractivity contribution is 6.34. The first-order valence-electron chi connectivity index (χ1n) is 6.97. The number of rotatable bonds is 2. The van der Waals surface area contributed by atoms with Gasteiger partial charge in [-0.05, 0) is 43.0 Å². The summed E-state index contributed by atoms with van der Waals surface area (Å²) in [5.41, 5.74) is 0.356. The number of benzene rings is 1. The molecule has 0 aliphatic carbocycles. The van der Waals surface area contributed by atoms with E-state index in [4.69, 9.17) is 11.6 Å². The zero-order valence-electron chi connectivity index (χ0n) is 11.4. The third kappa shape index (κ3) is 2.94. The van der Waals surface area contributed by atoms with Crippen LogP contribution in [0.4, 0.5) is 5.69 Å². The van der Waals surface area contributed by atoms with Crippen LogP contribution >= 0.6 is 11.6 Å². The average Bonchev–Trinajstić information content (AvgIpc) is 2.50. The molecule has 1 aromatic heterocycles. The Hall–Kier alpha value is -1.85. The van der Waals surface area contributed by atoms with Gasteiger partial charge in [-0.1, -0.05) is 11.6 Å². The highest BCUT2D eigenvalue weighted by Gasteiger charge is 2.21. The molecule has 1 aliphatic heterocycles. The van der Waals surface area contributed by atoms with Crippen LogP contribution in [-0.4, -0.2) is 24.0 Å². The Balaban J connectivity index is 1.88. The van der Waals surface area contributed by atoms with Crippen molar-refractivity contribution in [3.8, 4) is 0 Å². The smallest absolute Gasteiger partial charge is 0.255 e. The molecule has 3 N–H and O–H groups in total. The molecule has 1 aliphatic rings. The molecule has 1 saturated heterocycles. The van der Waals surface area contributed by atoms with E-state index in [1.165, 1.54) is 0 Å². The molecule has 1 atom stereocenters. The second-order valence-corrected chi connectivity index (χ2v) is 5.67. The van der Waals surface area contributed by atoms with Crippen molar-refractivity contribution in [2.24, 2.45) is 5.92 Å². The molecular weight excluding hydrogens is 290 g/mol. The van der Waals surface area contributed by atoms with E-state index in [1.54, 1.807) is 24.4 Å². The van der Waals surface area contributed by atoms with Crippen LogP contribution < -0.4 is 16.2 Å². The van der Waals surface area contributed by atoms with Crippen LogP contribution in [0.1, 0.15) is 12.8 Å². The van der Waals surface area contributed by atoms with Gasteiger partial charge in [-0.15, -0.1) is 0 Å². The molecular formula is C15H16ClN3O2. The SMILES string of the molecule is O=C(Nc1cc2cc[nH]c(=O)c2cc1Cl)[C@@H]1CCCNC1. The number of anilines is 1. The van der Waals surface area contributed by atoms with Crippen molar-refractivity contribution in [2.45, 2.75) is 12.8 Å². The quantitative estimate of drug-likeness (QED) is 0.795. The van der Waals surface area contributed by atoms with Gasteiger partial charge in [0.25, 0.3) is 5.56 Å². The molecule has 1 amide bonds. The molecule has 5 nitrogen and oxygen atoms in total. The summed E-state index contributed by atoms with van der Waals surface area (Å²) in [5.74, 6) is -0.0713. The number of amides is 1. The Morgan fingerprint density at radius 1 is 1.38 bits per heavy atom. The van der Waals surface area contributed by atoms with Crippen molar-refractivity contribution in [2.75, 3.05) is 18.4 Å². The summed E-state index contributed by atoms with van der Waals surface area (Å²) in [4.78, 5) is 26.6. The summed E-state index contributed by atoms with van der Waals surface area (Å²) in [6.07, 6.45) is 3.46. The van der Waals surface area contributed by atoms with Crippen LogP contribution in [-0.2, 0) is 4.79 Å². The van der Waals surface area contributed by atoms with Crippen LogP contribution in [0.2, 0.25) is 5.02 Å². The number of halogens is 1. The number of piperidine rings is 1. The van der Waals surface area contributed by atoms with Crippen LogP contribution in [0.15, 0.2) is 29.2 Å². The summed E-state index contributed by atoms with van der Waals surface area (Å²) >= 11 is 6.18. The van der Waals surface area contributed by atoms with Crippen LogP contribution in [0.3, 0.4) is 0 Å². The second kappa shape index (κ2) is 5.87. The minimum Gasteiger partial charge on any atom is -0.329 e. The standard InChI is InChI=1S/C15H16ClN3O2/c16-12-7-11-9(3-5-18-15(11)21)6-13(12)19-14(20)10-2-1-4-17-8-10/h3,5-7,10,17H,1-2,4,8H2,(H,18,21)(H,19,20)/t10-/m1/s1. The second-order valence-electron chi connectivity index (χ2n) is 5.26. The number of carbonyl (C=O) groups is 1. The van der Waals surface area contributed by atoms with E-state index >= 15 is 0 Å². The lowest BCUT2D eigenvalue weighted by molar-refractivity contribution is -0.120. The molecule has 6 heteroatoms. The first-order valence-corrected chi connectivity index (χ1v) is 7.35. The zero-order chi connectivity index (χ0) is 14.8. The van der Waals surface area contributed by atoms with Gasteiger partial charge in [0.1, 0.15) is 0 Å². The highest BCUT2D eigenvalue weighted by atomic mass is 35.5. The maximum absolute atomic E-state index is 12.2. The molecule has 110 valence electrons. The van der Waals surface area contributed by atoms with Crippen LogP contribution in [0.25, 0.3) is 10.8 Å². The lowest BCUT2D eigenvalue weighted by atomic mass is 9.98. The first-order chi connectivity index (χ1) is 10.1. The van der Waals surface area contributed by atoms with Crippen molar-refractivity contribution in [3.63, 3.8) is 0 Å². The number of fused-ring (bicyclic) bond motifs is 1. The van der Waals surface area contributed by atoms with Crippen molar-refractivity contribution in [3.05, 3.63) is 39.8 Å². The van der Waals surface area contributed by atoms with E-state index < -0.39 is 0 Å². The molecule has 1 fully saturated rings. The molecule has 2 aromatic rings. The summed E-state index contributed by atoms with van der Waals surface area (Å²) in [5, 5.41) is 7.72. The third-order valence-electron chi connectivity index (χ3n) is 3.79. The van der Waals surface area contributed by atoms with E-state index in [2.05, 4.69) is 15.6 Å². The molecule has 1 aromatic carbocycles. The Morgan fingerprint density at radius 3 is 3.00 bits per heavy atom. The zero-order valence-corrected chi connectivity index (χ0v) is 12.2. The maximum Gasteiger partial charge on any atom is 0.255 e. The summed E-state index contributed by atoms with van der Waals surface area (Å²) in [6.45, 7) is 1.65. The lowest BCUT2D eigenvalue weighted by Gasteiger charge is -2.22. The van der Waals surface area contributed by atoms with Crippen molar-refractivity contribution < 1.29 is 4.79 Å². The van der Waals surface area contributed by atoms with E-state index in [0.717, 1.165) is 24.8 Å². The maximum atomic E-state index is 12.2. The molecule has 3 rings (SSSR count). The largest absolute Gasteiger partial charge is 0.329 e. The Labute approximate surface area is 126 Å². The molecule has 0 bridgehead atoms.